The Hall–Kier alpha value is -0.640. The lowest BCUT2D eigenvalue weighted by Crippen LogP contribution is -2.46. The molecule has 0 unspecified atom stereocenters. The Labute approximate surface area is 129 Å². The van der Waals surface area contributed by atoms with E-state index in [4.69, 9.17) is 9.47 Å². The number of ether oxygens (including phenoxy) is 2. The Morgan fingerprint density at radius 2 is 1.86 bits per heavy atom. The predicted molar refractivity (Wildman–Crippen MR) is 85.0 cm³/mol. The van der Waals surface area contributed by atoms with E-state index in [-0.39, 0.29) is 17.4 Å². The van der Waals surface area contributed by atoms with Gasteiger partial charge >= 0.3 is 0 Å². The van der Waals surface area contributed by atoms with Crippen LogP contribution in [-0.2, 0) is 9.47 Å². The van der Waals surface area contributed by atoms with Gasteiger partial charge in [0.2, 0.25) is 0 Å². The largest absolute Gasteiger partial charge is 0.392 e. The first kappa shape index (κ1) is 16.7. The van der Waals surface area contributed by atoms with E-state index < -0.39 is 5.79 Å². The van der Waals surface area contributed by atoms with Crippen LogP contribution in [0.25, 0.3) is 0 Å². The minimum Gasteiger partial charge on any atom is -0.392 e. The second-order valence-electron chi connectivity index (χ2n) is 7.79. The highest BCUT2D eigenvalue weighted by Gasteiger charge is 2.43. The fourth-order valence-corrected chi connectivity index (χ4v) is 3.19. The maximum Gasteiger partial charge on any atom is 0.187 e. The first-order valence-electron chi connectivity index (χ1n) is 7.97. The standard InChI is InChI=1S/C18H30O3/c1-6-14(11-19)9-17(4)8-7-15(10-17)18(5)20-12-16(2,3)13-21-18/h6,10,19H,7-9,11-13H2,1-5H3/b14-6-/t17-/m0/s1. The van der Waals surface area contributed by atoms with Crippen molar-refractivity contribution in [1.82, 2.24) is 0 Å². The summed E-state index contributed by atoms with van der Waals surface area (Å²) in [5.41, 5.74) is 2.56. The Morgan fingerprint density at radius 3 is 2.38 bits per heavy atom. The molecule has 120 valence electrons. The first-order valence-corrected chi connectivity index (χ1v) is 7.97. The normalized spacial score (nSPS) is 32.1. The van der Waals surface area contributed by atoms with Crippen LogP contribution in [0.15, 0.2) is 23.3 Å². The van der Waals surface area contributed by atoms with E-state index in [1.54, 1.807) is 0 Å². The smallest absolute Gasteiger partial charge is 0.187 e. The number of hydrogen-bond donors (Lipinski definition) is 1. The summed E-state index contributed by atoms with van der Waals surface area (Å²) >= 11 is 0. The van der Waals surface area contributed by atoms with Gasteiger partial charge in [0.15, 0.2) is 5.79 Å². The summed E-state index contributed by atoms with van der Waals surface area (Å²) in [4.78, 5) is 0. The molecule has 1 saturated heterocycles. The molecule has 2 aliphatic rings. The van der Waals surface area contributed by atoms with Crippen LogP contribution < -0.4 is 0 Å². The zero-order valence-corrected chi connectivity index (χ0v) is 14.2. The van der Waals surface area contributed by atoms with E-state index in [0.717, 1.165) is 38.0 Å². The van der Waals surface area contributed by atoms with Crippen molar-refractivity contribution in [1.29, 1.82) is 0 Å². The SMILES string of the molecule is C/C=C(\CO)C[C@@]1(C)C=C(C2(C)OCC(C)(C)CO2)CC1. The van der Waals surface area contributed by atoms with Crippen LogP contribution in [-0.4, -0.2) is 30.7 Å². The van der Waals surface area contributed by atoms with Gasteiger partial charge in [0.05, 0.1) is 19.8 Å². The van der Waals surface area contributed by atoms with Crippen molar-refractivity contribution in [3.05, 3.63) is 23.3 Å². The minimum atomic E-state index is -0.567. The molecule has 0 bridgehead atoms. The van der Waals surface area contributed by atoms with Crippen molar-refractivity contribution in [3.63, 3.8) is 0 Å². The molecule has 1 atom stereocenters. The van der Waals surface area contributed by atoms with Crippen molar-refractivity contribution in [2.24, 2.45) is 10.8 Å². The van der Waals surface area contributed by atoms with Gasteiger partial charge < -0.3 is 14.6 Å². The summed E-state index contributed by atoms with van der Waals surface area (Å²) in [7, 11) is 0. The molecule has 0 amide bonds. The maximum absolute atomic E-state index is 9.39. The lowest BCUT2D eigenvalue weighted by atomic mass is 9.83. The highest BCUT2D eigenvalue weighted by atomic mass is 16.7. The van der Waals surface area contributed by atoms with E-state index in [1.807, 2.05) is 19.9 Å². The maximum atomic E-state index is 9.39. The highest BCUT2D eigenvalue weighted by molar-refractivity contribution is 5.25. The van der Waals surface area contributed by atoms with E-state index in [2.05, 4.69) is 26.8 Å². The molecule has 1 aliphatic heterocycles. The molecule has 2 rings (SSSR count). The Bertz CT molecular complexity index is 437. The molecule has 1 N–H and O–H groups in total. The molecule has 1 fully saturated rings. The van der Waals surface area contributed by atoms with Crippen LogP contribution in [0.3, 0.4) is 0 Å². The van der Waals surface area contributed by atoms with Gasteiger partial charge in [-0.25, -0.2) is 0 Å². The highest BCUT2D eigenvalue weighted by Crippen LogP contribution is 2.46. The van der Waals surface area contributed by atoms with Crippen molar-refractivity contribution < 1.29 is 14.6 Å². The third kappa shape index (κ3) is 3.77. The summed E-state index contributed by atoms with van der Waals surface area (Å²) in [6, 6.07) is 0. The monoisotopic (exact) mass is 294 g/mol. The summed E-state index contributed by atoms with van der Waals surface area (Å²) in [6.45, 7) is 12.2. The fourth-order valence-electron chi connectivity index (χ4n) is 3.19. The molecule has 0 saturated carbocycles. The summed E-state index contributed by atoms with van der Waals surface area (Å²) in [5, 5.41) is 9.39. The van der Waals surface area contributed by atoms with E-state index in [0.29, 0.717) is 0 Å². The molecule has 1 aliphatic carbocycles. The lowest BCUT2D eigenvalue weighted by Gasteiger charge is -2.42. The van der Waals surface area contributed by atoms with Gasteiger partial charge in [-0.1, -0.05) is 32.9 Å². The molecule has 21 heavy (non-hydrogen) atoms. The average Bonchev–Trinajstić information content (AvgIpc) is 2.83. The summed E-state index contributed by atoms with van der Waals surface area (Å²) in [6.07, 6.45) is 7.35. The van der Waals surface area contributed by atoms with Gasteiger partial charge in [0.1, 0.15) is 0 Å². The van der Waals surface area contributed by atoms with Crippen molar-refractivity contribution >= 4 is 0 Å². The minimum absolute atomic E-state index is 0.0942. The zero-order valence-electron chi connectivity index (χ0n) is 14.2. The van der Waals surface area contributed by atoms with Gasteiger partial charge in [-0.3, -0.25) is 0 Å². The number of aliphatic hydroxyl groups excluding tert-OH is 1. The lowest BCUT2D eigenvalue weighted by molar-refractivity contribution is -0.268. The van der Waals surface area contributed by atoms with Gasteiger partial charge in [-0.05, 0) is 49.7 Å². The fraction of sp³-hybridized carbons (Fsp3) is 0.778. The summed E-state index contributed by atoms with van der Waals surface area (Å²) < 4.78 is 12.1. The molecule has 0 aromatic heterocycles. The molecule has 0 radical (unpaired) electrons. The topological polar surface area (TPSA) is 38.7 Å². The molecule has 0 spiro atoms. The number of allylic oxidation sites excluding steroid dienone is 2. The van der Waals surface area contributed by atoms with Crippen molar-refractivity contribution in [2.75, 3.05) is 19.8 Å². The second kappa shape index (κ2) is 5.86. The van der Waals surface area contributed by atoms with Crippen LogP contribution in [0.1, 0.15) is 53.9 Å². The van der Waals surface area contributed by atoms with Gasteiger partial charge in [-0.2, -0.15) is 0 Å². The Kier molecular flexibility index (Phi) is 4.67. The quantitative estimate of drug-likeness (QED) is 0.801. The third-order valence-electron chi connectivity index (χ3n) is 4.79. The van der Waals surface area contributed by atoms with E-state index in [1.165, 1.54) is 5.57 Å². The third-order valence-corrected chi connectivity index (χ3v) is 4.79. The Morgan fingerprint density at radius 1 is 1.24 bits per heavy atom. The number of aliphatic hydroxyl groups is 1. The molecule has 1 heterocycles. The van der Waals surface area contributed by atoms with Crippen LogP contribution in [0.4, 0.5) is 0 Å². The van der Waals surface area contributed by atoms with Crippen LogP contribution in [0.2, 0.25) is 0 Å². The van der Waals surface area contributed by atoms with E-state index >= 15 is 0 Å². The molecule has 3 heteroatoms. The van der Waals surface area contributed by atoms with Crippen molar-refractivity contribution in [2.45, 2.75) is 59.7 Å². The van der Waals surface area contributed by atoms with Crippen LogP contribution in [0.5, 0.6) is 0 Å². The van der Waals surface area contributed by atoms with Crippen LogP contribution in [0, 0.1) is 10.8 Å². The van der Waals surface area contributed by atoms with E-state index in [9.17, 15) is 5.11 Å². The number of rotatable bonds is 4. The molecule has 3 nitrogen and oxygen atoms in total. The molecule has 0 aromatic carbocycles. The predicted octanol–water partition coefficient (Wildman–Crippen LogP) is 3.83. The van der Waals surface area contributed by atoms with Gasteiger partial charge in [0.25, 0.3) is 0 Å². The average molecular weight is 294 g/mol. The summed E-state index contributed by atoms with van der Waals surface area (Å²) in [5.74, 6) is -0.567. The molecule has 0 aromatic rings. The zero-order chi connectivity index (χ0) is 15.7. The number of hydrogen-bond acceptors (Lipinski definition) is 3. The molecular weight excluding hydrogens is 264 g/mol. The second-order valence-corrected chi connectivity index (χ2v) is 7.79. The van der Waals surface area contributed by atoms with Crippen LogP contribution >= 0.6 is 0 Å². The Balaban J connectivity index is 2.10. The van der Waals surface area contributed by atoms with Gasteiger partial charge in [0, 0.05) is 5.41 Å². The molecular formula is C18H30O3. The van der Waals surface area contributed by atoms with Crippen molar-refractivity contribution in [3.8, 4) is 0 Å². The van der Waals surface area contributed by atoms with Gasteiger partial charge in [-0.15, -0.1) is 0 Å². The first-order chi connectivity index (χ1) is 9.72.